The van der Waals surface area contributed by atoms with Gasteiger partial charge >= 0.3 is 6.09 Å². The average molecular weight is 433 g/mol. The van der Waals surface area contributed by atoms with E-state index in [2.05, 4.69) is 27.6 Å². The summed E-state index contributed by atoms with van der Waals surface area (Å²) >= 11 is 0. The van der Waals surface area contributed by atoms with Crippen LogP contribution in [0.2, 0.25) is 0 Å². The molecule has 3 aromatic rings. The smallest absolute Gasteiger partial charge is 0.411 e. The SMILES string of the molecule is CC1(C)OC(=O)N(C2CCC(NC(=O)c3cccc4[nH]ncc34)CC2)C1c1ccccc1. The highest BCUT2D eigenvalue weighted by Gasteiger charge is 2.51. The molecule has 1 saturated carbocycles. The first kappa shape index (κ1) is 20.5. The number of fused-ring (bicyclic) bond motifs is 1. The molecule has 7 nitrogen and oxygen atoms in total. The Morgan fingerprint density at radius 3 is 2.59 bits per heavy atom. The quantitative estimate of drug-likeness (QED) is 0.632. The van der Waals surface area contributed by atoms with Gasteiger partial charge in [-0.2, -0.15) is 5.10 Å². The van der Waals surface area contributed by atoms with E-state index >= 15 is 0 Å². The lowest BCUT2D eigenvalue weighted by atomic mass is 9.86. The number of aromatic nitrogens is 2. The van der Waals surface area contributed by atoms with E-state index in [1.165, 1.54) is 0 Å². The number of carbonyl (C=O) groups is 2. The van der Waals surface area contributed by atoms with Gasteiger partial charge in [-0.3, -0.25) is 14.8 Å². The molecule has 32 heavy (non-hydrogen) atoms. The standard InChI is InChI=1S/C25H28N4O3/c1-25(2)22(16-7-4-3-5-8-16)29(24(31)32-25)18-13-11-17(12-14-18)27-23(30)19-9-6-10-21-20(19)15-26-28-21/h3-10,15,17-18,22H,11-14H2,1-2H3,(H,26,28)(H,27,30). The van der Waals surface area contributed by atoms with E-state index in [4.69, 9.17) is 4.74 Å². The second-order valence-electron chi connectivity index (χ2n) is 9.31. The van der Waals surface area contributed by atoms with Crippen molar-refractivity contribution in [2.45, 2.75) is 63.3 Å². The van der Waals surface area contributed by atoms with Crippen molar-refractivity contribution in [2.24, 2.45) is 0 Å². The number of H-pyrrole nitrogens is 1. The van der Waals surface area contributed by atoms with Crippen LogP contribution in [0.5, 0.6) is 0 Å². The molecule has 1 saturated heterocycles. The Kier molecular flexibility index (Phi) is 5.12. The number of amides is 2. The zero-order valence-corrected chi connectivity index (χ0v) is 18.4. The molecule has 0 radical (unpaired) electrons. The van der Waals surface area contributed by atoms with Crippen LogP contribution in [0.1, 0.15) is 61.5 Å². The van der Waals surface area contributed by atoms with Gasteiger partial charge < -0.3 is 10.1 Å². The first-order chi connectivity index (χ1) is 15.4. The summed E-state index contributed by atoms with van der Waals surface area (Å²) in [5, 5.41) is 11.0. The van der Waals surface area contributed by atoms with E-state index in [0.29, 0.717) is 5.56 Å². The van der Waals surface area contributed by atoms with Gasteiger partial charge in [-0.05, 0) is 57.2 Å². The topological polar surface area (TPSA) is 87.3 Å². The fourth-order valence-electron chi connectivity index (χ4n) is 5.26. The van der Waals surface area contributed by atoms with Crippen LogP contribution < -0.4 is 5.32 Å². The minimum atomic E-state index is -0.590. The predicted molar refractivity (Wildman–Crippen MR) is 121 cm³/mol. The van der Waals surface area contributed by atoms with Crippen LogP contribution in [0.25, 0.3) is 10.9 Å². The minimum Gasteiger partial charge on any atom is -0.441 e. The molecule has 2 aliphatic rings. The zero-order valence-electron chi connectivity index (χ0n) is 18.4. The Balaban J connectivity index is 1.27. The Labute approximate surface area is 187 Å². The molecule has 2 fully saturated rings. The van der Waals surface area contributed by atoms with Crippen molar-refractivity contribution < 1.29 is 14.3 Å². The van der Waals surface area contributed by atoms with Gasteiger partial charge in [0, 0.05) is 17.5 Å². The summed E-state index contributed by atoms with van der Waals surface area (Å²) in [6.45, 7) is 3.95. The number of nitrogens with zero attached hydrogens (tertiary/aromatic N) is 2. The van der Waals surface area contributed by atoms with Crippen LogP contribution in [0.3, 0.4) is 0 Å². The predicted octanol–water partition coefficient (Wildman–Crippen LogP) is 4.58. The molecular formula is C25H28N4O3. The molecule has 0 bridgehead atoms. The molecule has 2 heterocycles. The maximum Gasteiger partial charge on any atom is 0.411 e. The van der Waals surface area contributed by atoms with E-state index in [1.54, 1.807) is 6.20 Å². The van der Waals surface area contributed by atoms with Gasteiger partial charge in [0.05, 0.1) is 23.3 Å². The van der Waals surface area contributed by atoms with Gasteiger partial charge in [0.1, 0.15) is 5.60 Å². The summed E-state index contributed by atoms with van der Waals surface area (Å²) in [4.78, 5) is 27.7. The summed E-state index contributed by atoms with van der Waals surface area (Å²) in [6, 6.07) is 15.8. The second kappa shape index (κ2) is 7.97. The van der Waals surface area contributed by atoms with E-state index < -0.39 is 5.60 Å². The summed E-state index contributed by atoms with van der Waals surface area (Å²) in [6.07, 6.45) is 4.74. The van der Waals surface area contributed by atoms with Crippen LogP contribution in [0, 0.1) is 0 Å². The van der Waals surface area contributed by atoms with Crippen LogP contribution >= 0.6 is 0 Å². The lowest BCUT2D eigenvalue weighted by Crippen LogP contribution is -2.46. The Morgan fingerprint density at radius 1 is 1.09 bits per heavy atom. The first-order valence-electron chi connectivity index (χ1n) is 11.2. The molecule has 0 spiro atoms. The molecular weight excluding hydrogens is 404 g/mol. The molecule has 2 amide bonds. The van der Waals surface area contributed by atoms with Crippen LogP contribution in [0.15, 0.2) is 54.7 Å². The van der Waals surface area contributed by atoms with Crippen molar-refractivity contribution in [1.82, 2.24) is 20.4 Å². The fraction of sp³-hybridized carbons (Fsp3) is 0.400. The largest absolute Gasteiger partial charge is 0.441 e. The number of cyclic esters (lactones) is 1. The number of nitrogens with one attached hydrogen (secondary N) is 2. The molecule has 1 aliphatic heterocycles. The monoisotopic (exact) mass is 432 g/mol. The summed E-state index contributed by atoms with van der Waals surface area (Å²) in [5.41, 5.74) is 1.98. The van der Waals surface area contributed by atoms with Crippen molar-refractivity contribution in [3.63, 3.8) is 0 Å². The lowest BCUT2D eigenvalue weighted by Gasteiger charge is -2.38. The molecule has 1 aromatic heterocycles. The number of ether oxygens (including phenoxy) is 1. The highest BCUT2D eigenvalue weighted by atomic mass is 16.6. The van der Waals surface area contributed by atoms with E-state index in [1.807, 2.05) is 55.1 Å². The second-order valence-corrected chi connectivity index (χ2v) is 9.31. The fourth-order valence-corrected chi connectivity index (χ4v) is 5.26. The van der Waals surface area contributed by atoms with Crippen molar-refractivity contribution in [1.29, 1.82) is 0 Å². The number of carbonyl (C=O) groups excluding carboxylic acids is 2. The summed E-state index contributed by atoms with van der Waals surface area (Å²) in [7, 11) is 0. The van der Waals surface area contributed by atoms with Gasteiger partial charge in [-0.1, -0.05) is 36.4 Å². The minimum absolute atomic E-state index is 0.0793. The normalized spacial score (nSPS) is 25.0. The number of hydrogen-bond acceptors (Lipinski definition) is 4. The lowest BCUT2D eigenvalue weighted by molar-refractivity contribution is 0.0663. The summed E-state index contributed by atoms with van der Waals surface area (Å²) < 4.78 is 5.77. The van der Waals surface area contributed by atoms with Crippen LogP contribution in [-0.4, -0.2) is 44.8 Å². The maximum absolute atomic E-state index is 12.9. The van der Waals surface area contributed by atoms with Gasteiger partial charge in [-0.25, -0.2) is 4.79 Å². The molecule has 5 rings (SSSR count). The van der Waals surface area contributed by atoms with Crippen molar-refractivity contribution in [3.05, 3.63) is 65.9 Å². The van der Waals surface area contributed by atoms with Crippen molar-refractivity contribution >= 4 is 22.9 Å². The van der Waals surface area contributed by atoms with Gasteiger partial charge in [0.25, 0.3) is 5.91 Å². The Morgan fingerprint density at radius 2 is 1.84 bits per heavy atom. The average Bonchev–Trinajstić information content (AvgIpc) is 3.35. The Bertz CT molecular complexity index is 1130. The molecule has 1 unspecified atom stereocenters. The highest BCUT2D eigenvalue weighted by molar-refractivity contribution is 6.06. The van der Waals surface area contributed by atoms with Crippen molar-refractivity contribution in [3.8, 4) is 0 Å². The molecule has 2 aromatic carbocycles. The molecule has 7 heteroatoms. The maximum atomic E-state index is 12.9. The van der Waals surface area contributed by atoms with Crippen molar-refractivity contribution in [2.75, 3.05) is 0 Å². The van der Waals surface area contributed by atoms with Gasteiger partial charge in [-0.15, -0.1) is 0 Å². The highest BCUT2D eigenvalue weighted by Crippen LogP contribution is 2.44. The number of aromatic amines is 1. The third-order valence-corrected chi connectivity index (χ3v) is 6.77. The Hall–Kier alpha value is -3.35. The van der Waals surface area contributed by atoms with E-state index in [-0.39, 0.29) is 30.1 Å². The van der Waals surface area contributed by atoms with Crippen LogP contribution in [0.4, 0.5) is 4.79 Å². The molecule has 1 aliphatic carbocycles. The third-order valence-electron chi connectivity index (χ3n) is 6.77. The van der Waals surface area contributed by atoms with Gasteiger partial charge in [0.15, 0.2) is 0 Å². The van der Waals surface area contributed by atoms with Crippen LogP contribution in [-0.2, 0) is 4.74 Å². The first-order valence-corrected chi connectivity index (χ1v) is 11.2. The van der Waals surface area contributed by atoms with E-state index in [0.717, 1.165) is 42.1 Å². The van der Waals surface area contributed by atoms with E-state index in [9.17, 15) is 9.59 Å². The third kappa shape index (κ3) is 3.61. The number of hydrogen-bond donors (Lipinski definition) is 2. The molecule has 2 N–H and O–H groups in total. The van der Waals surface area contributed by atoms with Gasteiger partial charge in [0.2, 0.25) is 0 Å². The number of rotatable bonds is 4. The summed E-state index contributed by atoms with van der Waals surface area (Å²) in [5.74, 6) is -0.0793. The molecule has 1 atom stereocenters. The number of benzene rings is 2. The zero-order chi connectivity index (χ0) is 22.3. The molecule has 166 valence electrons.